The summed E-state index contributed by atoms with van der Waals surface area (Å²) < 4.78 is 1.19. The minimum Gasteiger partial charge on any atom is -0.381 e. The van der Waals surface area contributed by atoms with Crippen LogP contribution < -0.4 is 5.32 Å². The summed E-state index contributed by atoms with van der Waals surface area (Å²) in [5.74, 6) is 0.805. The van der Waals surface area contributed by atoms with Crippen LogP contribution in [-0.4, -0.2) is 30.6 Å². The highest BCUT2D eigenvalue weighted by molar-refractivity contribution is 14.1. The Kier molecular flexibility index (Phi) is 3.50. The van der Waals surface area contributed by atoms with Crippen LogP contribution >= 0.6 is 34.2 Å². The molecule has 4 heteroatoms. The molecule has 3 unspecified atom stereocenters. The minimum atomic E-state index is 0.603. The van der Waals surface area contributed by atoms with E-state index in [9.17, 15) is 0 Å². The molecule has 2 bridgehead atoms. The molecule has 0 aliphatic carbocycles. The highest BCUT2D eigenvalue weighted by atomic mass is 127. The van der Waals surface area contributed by atoms with Crippen LogP contribution in [-0.2, 0) is 0 Å². The van der Waals surface area contributed by atoms with E-state index in [1.165, 1.54) is 36.0 Å². The van der Waals surface area contributed by atoms with E-state index in [1.54, 1.807) is 0 Å². The zero-order valence-corrected chi connectivity index (χ0v) is 12.5. The summed E-state index contributed by atoms with van der Waals surface area (Å²) in [6.07, 6.45) is 2.58. The molecule has 0 saturated carbocycles. The summed E-state index contributed by atoms with van der Waals surface area (Å²) in [7, 11) is 0. The van der Waals surface area contributed by atoms with Crippen molar-refractivity contribution in [2.24, 2.45) is 5.92 Å². The topological polar surface area (TPSA) is 15.3 Å². The van der Waals surface area contributed by atoms with E-state index in [-0.39, 0.29) is 0 Å². The molecule has 0 aromatic heterocycles. The van der Waals surface area contributed by atoms with Gasteiger partial charge in [-0.05, 0) is 66.1 Å². The first-order valence-corrected chi connectivity index (χ1v) is 7.62. The lowest BCUT2D eigenvalue weighted by Crippen LogP contribution is -2.39. The van der Waals surface area contributed by atoms with Crippen molar-refractivity contribution in [3.63, 3.8) is 0 Å². The fourth-order valence-electron chi connectivity index (χ4n) is 2.95. The predicted molar refractivity (Wildman–Crippen MR) is 80.7 cm³/mol. The van der Waals surface area contributed by atoms with E-state index in [0.717, 1.165) is 16.6 Å². The highest BCUT2D eigenvalue weighted by Gasteiger charge is 2.34. The molecule has 2 saturated heterocycles. The monoisotopic (exact) mass is 362 g/mol. The molecule has 3 rings (SSSR count). The summed E-state index contributed by atoms with van der Waals surface area (Å²) in [6.45, 7) is 3.78. The Morgan fingerprint density at radius 3 is 2.94 bits per heavy atom. The van der Waals surface area contributed by atoms with Crippen LogP contribution in [0.5, 0.6) is 0 Å². The first-order chi connectivity index (χ1) is 8.22. The molecular weight excluding hydrogens is 347 g/mol. The Morgan fingerprint density at radius 2 is 2.12 bits per heavy atom. The van der Waals surface area contributed by atoms with Crippen LogP contribution in [0.1, 0.15) is 12.8 Å². The summed E-state index contributed by atoms with van der Waals surface area (Å²) >= 11 is 8.56. The molecule has 2 fully saturated rings. The number of piperidine rings is 1. The minimum absolute atomic E-state index is 0.603. The standard InChI is InChI=1S/C13H16ClIN2/c14-11-7-10(15)1-2-13(11)16-12-4-6-17-5-3-9(12)8-17/h1-2,7,9,12,16H,3-6,8H2. The number of nitrogens with zero attached hydrogens (tertiary/aromatic N) is 1. The van der Waals surface area contributed by atoms with Crippen molar-refractivity contribution in [3.05, 3.63) is 26.8 Å². The fourth-order valence-corrected chi connectivity index (χ4v) is 3.86. The molecule has 1 aromatic carbocycles. The summed E-state index contributed by atoms with van der Waals surface area (Å²) in [5.41, 5.74) is 1.09. The van der Waals surface area contributed by atoms with Crippen molar-refractivity contribution in [2.45, 2.75) is 18.9 Å². The van der Waals surface area contributed by atoms with E-state index in [1.807, 2.05) is 6.07 Å². The maximum absolute atomic E-state index is 6.27. The van der Waals surface area contributed by atoms with Crippen molar-refractivity contribution in [3.8, 4) is 0 Å². The number of nitrogens with one attached hydrogen (secondary N) is 1. The molecule has 3 atom stereocenters. The number of halogens is 2. The molecule has 0 radical (unpaired) electrons. The van der Waals surface area contributed by atoms with Gasteiger partial charge in [0.15, 0.2) is 0 Å². The van der Waals surface area contributed by atoms with E-state index in [2.05, 4.69) is 44.9 Å². The van der Waals surface area contributed by atoms with Gasteiger partial charge in [-0.25, -0.2) is 0 Å². The zero-order valence-electron chi connectivity index (χ0n) is 9.63. The smallest absolute Gasteiger partial charge is 0.0648 e. The molecule has 92 valence electrons. The van der Waals surface area contributed by atoms with Crippen LogP contribution in [0.2, 0.25) is 5.02 Å². The lowest BCUT2D eigenvalue weighted by molar-refractivity contribution is 0.255. The fraction of sp³-hybridized carbons (Fsp3) is 0.538. The number of fused-ring (bicyclic) bond motifs is 2. The Labute approximate surface area is 121 Å². The first kappa shape index (κ1) is 12.1. The average Bonchev–Trinajstić information content (AvgIpc) is 2.69. The van der Waals surface area contributed by atoms with Gasteiger partial charge in [0.2, 0.25) is 0 Å². The lowest BCUT2D eigenvalue weighted by Gasteiger charge is -2.32. The van der Waals surface area contributed by atoms with Gasteiger partial charge in [-0.2, -0.15) is 0 Å². The van der Waals surface area contributed by atoms with Crippen molar-refractivity contribution in [2.75, 3.05) is 25.0 Å². The van der Waals surface area contributed by atoms with Crippen LogP contribution in [0.4, 0.5) is 5.69 Å². The number of hydrogen-bond donors (Lipinski definition) is 1. The Bertz CT molecular complexity index is 424. The van der Waals surface area contributed by atoms with E-state index < -0.39 is 0 Å². The second kappa shape index (κ2) is 4.94. The molecule has 17 heavy (non-hydrogen) atoms. The van der Waals surface area contributed by atoms with Crippen molar-refractivity contribution < 1.29 is 0 Å². The molecule has 0 amide bonds. The molecule has 2 aliphatic heterocycles. The number of hydrogen-bond acceptors (Lipinski definition) is 2. The second-order valence-electron chi connectivity index (χ2n) is 5.01. The van der Waals surface area contributed by atoms with Crippen LogP contribution in [0.15, 0.2) is 18.2 Å². The first-order valence-electron chi connectivity index (χ1n) is 6.16. The maximum atomic E-state index is 6.27. The second-order valence-corrected chi connectivity index (χ2v) is 6.67. The van der Waals surface area contributed by atoms with Gasteiger partial charge in [-0.15, -0.1) is 0 Å². The molecule has 2 heterocycles. The molecular formula is C13H16ClIN2. The maximum Gasteiger partial charge on any atom is 0.0648 e. The highest BCUT2D eigenvalue weighted by Crippen LogP contribution is 2.32. The summed E-state index contributed by atoms with van der Waals surface area (Å²) in [6, 6.07) is 6.84. The molecule has 2 aliphatic rings. The van der Waals surface area contributed by atoms with Gasteiger partial charge in [0.1, 0.15) is 0 Å². The SMILES string of the molecule is Clc1cc(I)ccc1NC1CCN2CCC1C2. The zero-order chi connectivity index (χ0) is 11.8. The average molecular weight is 363 g/mol. The largest absolute Gasteiger partial charge is 0.381 e. The van der Waals surface area contributed by atoms with Crippen molar-refractivity contribution in [1.29, 1.82) is 0 Å². The van der Waals surface area contributed by atoms with Gasteiger partial charge in [-0.3, -0.25) is 0 Å². The third-order valence-electron chi connectivity index (χ3n) is 3.91. The van der Waals surface area contributed by atoms with Crippen molar-refractivity contribution in [1.82, 2.24) is 4.90 Å². The third-order valence-corrected chi connectivity index (χ3v) is 4.89. The summed E-state index contributed by atoms with van der Waals surface area (Å²) in [5, 5.41) is 4.49. The molecule has 2 nitrogen and oxygen atoms in total. The van der Waals surface area contributed by atoms with E-state index in [4.69, 9.17) is 11.6 Å². The normalized spacial score (nSPS) is 31.5. The Morgan fingerprint density at radius 1 is 1.29 bits per heavy atom. The molecule has 0 spiro atoms. The van der Waals surface area contributed by atoms with Gasteiger partial charge in [-0.1, -0.05) is 11.6 Å². The number of benzene rings is 1. The quantitative estimate of drug-likeness (QED) is 0.811. The lowest BCUT2D eigenvalue weighted by atomic mass is 9.94. The van der Waals surface area contributed by atoms with Crippen LogP contribution in [0.25, 0.3) is 0 Å². The van der Waals surface area contributed by atoms with Gasteiger partial charge < -0.3 is 10.2 Å². The van der Waals surface area contributed by atoms with E-state index >= 15 is 0 Å². The van der Waals surface area contributed by atoms with Crippen molar-refractivity contribution >= 4 is 39.9 Å². The number of anilines is 1. The number of rotatable bonds is 2. The third kappa shape index (κ3) is 2.56. The van der Waals surface area contributed by atoms with Gasteiger partial charge in [0, 0.05) is 22.7 Å². The van der Waals surface area contributed by atoms with Crippen LogP contribution in [0, 0.1) is 9.49 Å². The van der Waals surface area contributed by atoms with Gasteiger partial charge >= 0.3 is 0 Å². The summed E-state index contributed by atoms with van der Waals surface area (Å²) in [4.78, 5) is 2.57. The van der Waals surface area contributed by atoms with Gasteiger partial charge in [0.05, 0.1) is 10.7 Å². The Hall–Kier alpha value is -0.000000000000000132. The molecule has 1 N–H and O–H groups in total. The van der Waals surface area contributed by atoms with Gasteiger partial charge in [0.25, 0.3) is 0 Å². The predicted octanol–water partition coefficient (Wildman–Crippen LogP) is 3.45. The molecule has 1 aromatic rings. The Balaban J connectivity index is 1.73. The van der Waals surface area contributed by atoms with Crippen LogP contribution in [0.3, 0.4) is 0 Å². The van der Waals surface area contributed by atoms with E-state index in [0.29, 0.717) is 6.04 Å².